The van der Waals surface area contributed by atoms with Gasteiger partial charge in [-0.1, -0.05) is 23.7 Å². The summed E-state index contributed by atoms with van der Waals surface area (Å²) < 4.78 is 0. The van der Waals surface area contributed by atoms with E-state index in [0.717, 1.165) is 35.8 Å². The average Bonchev–Trinajstić information content (AvgIpc) is 2.51. The van der Waals surface area contributed by atoms with Crippen molar-refractivity contribution in [3.05, 3.63) is 34.9 Å². The normalized spacial score (nSPS) is 11.2. The van der Waals surface area contributed by atoms with Gasteiger partial charge in [0.2, 0.25) is 5.91 Å². The Kier molecular flexibility index (Phi) is 9.55. The number of thioether (sulfide) groups is 1. The highest BCUT2D eigenvalue weighted by molar-refractivity contribution is 7.98. The van der Waals surface area contributed by atoms with Gasteiger partial charge in [-0.05, 0) is 30.4 Å². The molecule has 0 bridgehead atoms. The molecule has 0 aliphatic heterocycles. The summed E-state index contributed by atoms with van der Waals surface area (Å²) in [6.45, 7) is 1.67. The Labute approximate surface area is 147 Å². The van der Waals surface area contributed by atoms with Gasteiger partial charge in [0.25, 0.3) is 0 Å². The number of amides is 1. The molecule has 1 amide bonds. The molecule has 0 fully saturated rings. The van der Waals surface area contributed by atoms with Crippen molar-refractivity contribution < 1.29 is 4.79 Å². The Hall–Kier alpha value is -1.40. The van der Waals surface area contributed by atoms with Gasteiger partial charge in [-0.15, -0.1) is 0 Å². The number of carbonyl (C=O) groups is 1. The highest BCUT2D eigenvalue weighted by Gasteiger charge is 2.04. The fraction of sp³-hybridized carbons (Fsp3) is 0.500. The van der Waals surface area contributed by atoms with Gasteiger partial charge in [-0.25, -0.2) is 4.99 Å². The van der Waals surface area contributed by atoms with E-state index in [0.29, 0.717) is 5.96 Å². The molecule has 0 unspecified atom stereocenters. The van der Waals surface area contributed by atoms with Gasteiger partial charge in [0.1, 0.15) is 6.54 Å². The minimum Gasteiger partial charge on any atom is -0.356 e. The van der Waals surface area contributed by atoms with Crippen LogP contribution in [0.1, 0.15) is 5.56 Å². The van der Waals surface area contributed by atoms with E-state index in [1.54, 1.807) is 25.9 Å². The number of hydrogen-bond donors (Lipinski definition) is 2. The zero-order valence-electron chi connectivity index (χ0n) is 13.9. The fourth-order valence-corrected chi connectivity index (χ4v) is 2.27. The van der Waals surface area contributed by atoms with Gasteiger partial charge in [0, 0.05) is 38.0 Å². The predicted molar refractivity (Wildman–Crippen MR) is 101 cm³/mol. The first-order valence-electron chi connectivity index (χ1n) is 7.48. The quantitative estimate of drug-likeness (QED) is 0.424. The second-order valence-corrected chi connectivity index (χ2v) is 6.60. The largest absolute Gasteiger partial charge is 0.356 e. The lowest BCUT2D eigenvalue weighted by atomic mass is 10.1. The van der Waals surface area contributed by atoms with Crippen molar-refractivity contribution >= 4 is 35.2 Å². The summed E-state index contributed by atoms with van der Waals surface area (Å²) in [4.78, 5) is 17.5. The maximum Gasteiger partial charge on any atom is 0.243 e. The van der Waals surface area contributed by atoms with Crippen LogP contribution in [0.15, 0.2) is 29.3 Å². The maximum absolute atomic E-state index is 11.7. The average molecular weight is 357 g/mol. The van der Waals surface area contributed by atoms with Crippen LogP contribution in [0.4, 0.5) is 0 Å². The molecule has 0 radical (unpaired) electrons. The Morgan fingerprint density at radius 1 is 1.30 bits per heavy atom. The van der Waals surface area contributed by atoms with Gasteiger partial charge >= 0.3 is 0 Å². The van der Waals surface area contributed by atoms with Crippen molar-refractivity contribution in [2.24, 2.45) is 4.99 Å². The molecule has 1 aromatic carbocycles. The molecular formula is C16H25ClN4OS. The molecule has 0 atom stereocenters. The third kappa shape index (κ3) is 8.71. The molecule has 0 aliphatic rings. The molecule has 2 N–H and O–H groups in total. The van der Waals surface area contributed by atoms with E-state index >= 15 is 0 Å². The van der Waals surface area contributed by atoms with Crippen molar-refractivity contribution in [2.75, 3.05) is 45.7 Å². The molecule has 0 spiro atoms. The van der Waals surface area contributed by atoms with E-state index < -0.39 is 0 Å². The summed E-state index contributed by atoms with van der Waals surface area (Å²) >= 11 is 7.74. The van der Waals surface area contributed by atoms with Crippen molar-refractivity contribution in [3.8, 4) is 0 Å². The smallest absolute Gasteiger partial charge is 0.243 e. The van der Waals surface area contributed by atoms with E-state index in [-0.39, 0.29) is 12.5 Å². The Morgan fingerprint density at radius 3 is 2.70 bits per heavy atom. The van der Waals surface area contributed by atoms with Crippen LogP contribution in [0.2, 0.25) is 5.02 Å². The Morgan fingerprint density at radius 2 is 2.04 bits per heavy atom. The highest BCUT2D eigenvalue weighted by atomic mass is 35.5. The SMILES string of the molecule is CSCCNC(=NCC(=O)N(C)C)NCCc1cccc(Cl)c1. The maximum atomic E-state index is 11.7. The number of halogens is 1. The van der Waals surface area contributed by atoms with Crippen LogP contribution in [-0.2, 0) is 11.2 Å². The lowest BCUT2D eigenvalue weighted by Gasteiger charge is -2.13. The molecule has 0 saturated heterocycles. The molecule has 1 rings (SSSR count). The molecular weight excluding hydrogens is 332 g/mol. The lowest BCUT2D eigenvalue weighted by Crippen LogP contribution is -2.40. The van der Waals surface area contributed by atoms with E-state index in [1.165, 1.54) is 4.90 Å². The second-order valence-electron chi connectivity index (χ2n) is 5.18. The summed E-state index contributed by atoms with van der Waals surface area (Å²) in [7, 11) is 3.45. The van der Waals surface area contributed by atoms with Crippen LogP contribution in [-0.4, -0.2) is 62.5 Å². The zero-order valence-corrected chi connectivity index (χ0v) is 15.5. The third-order valence-electron chi connectivity index (χ3n) is 3.07. The first-order chi connectivity index (χ1) is 11.0. The van der Waals surface area contributed by atoms with Crippen molar-refractivity contribution in [2.45, 2.75) is 6.42 Å². The van der Waals surface area contributed by atoms with Crippen molar-refractivity contribution in [3.63, 3.8) is 0 Å². The van der Waals surface area contributed by atoms with E-state index in [4.69, 9.17) is 11.6 Å². The number of rotatable bonds is 8. The molecule has 128 valence electrons. The van der Waals surface area contributed by atoms with Crippen molar-refractivity contribution in [1.29, 1.82) is 0 Å². The summed E-state index contributed by atoms with van der Waals surface area (Å²) in [5.41, 5.74) is 1.16. The van der Waals surface area contributed by atoms with Gasteiger partial charge in [0.15, 0.2) is 5.96 Å². The number of aliphatic imine (C=N–C) groups is 1. The van der Waals surface area contributed by atoms with Crippen LogP contribution in [0.3, 0.4) is 0 Å². The monoisotopic (exact) mass is 356 g/mol. The van der Waals surface area contributed by atoms with Crippen LogP contribution >= 0.6 is 23.4 Å². The summed E-state index contributed by atoms with van der Waals surface area (Å²) in [5.74, 6) is 1.62. The second kappa shape index (κ2) is 11.2. The molecule has 7 heteroatoms. The van der Waals surface area contributed by atoms with E-state index in [2.05, 4.69) is 21.9 Å². The molecule has 0 aliphatic carbocycles. The number of likely N-dealkylation sites (N-methyl/N-ethyl adjacent to an activating group) is 1. The molecule has 0 aromatic heterocycles. The third-order valence-corrected chi connectivity index (χ3v) is 3.91. The molecule has 0 heterocycles. The van der Waals surface area contributed by atoms with Crippen LogP contribution in [0, 0.1) is 0 Å². The first kappa shape index (κ1) is 19.6. The minimum absolute atomic E-state index is 0.0224. The number of guanidine groups is 1. The molecule has 23 heavy (non-hydrogen) atoms. The number of hydrogen-bond acceptors (Lipinski definition) is 3. The number of benzene rings is 1. The van der Waals surface area contributed by atoms with Gasteiger partial charge < -0.3 is 15.5 Å². The van der Waals surface area contributed by atoms with Crippen LogP contribution in [0.25, 0.3) is 0 Å². The number of nitrogens with one attached hydrogen (secondary N) is 2. The summed E-state index contributed by atoms with van der Waals surface area (Å²) in [6, 6.07) is 7.80. The molecule has 1 aromatic rings. The lowest BCUT2D eigenvalue weighted by molar-refractivity contribution is -0.127. The minimum atomic E-state index is -0.0224. The fourth-order valence-electron chi connectivity index (χ4n) is 1.75. The van der Waals surface area contributed by atoms with Crippen LogP contribution in [0.5, 0.6) is 0 Å². The first-order valence-corrected chi connectivity index (χ1v) is 9.26. The topological polar surface area (TPSA) is 56.7 Å². The Balaban J connectivity index is 2.50. The van der Waals surface area contributed by atoms with Gasteiger partial charge in [-0.3, -0.25) is 4.79 Å². The van der Waals surface area contributed by atoms with Crippen molar-refractivity contribution in [1.82, 2.24) is 15.5 Å². The number of nitrogens with zero attached hydrogens (tertiary/aromatic N) is 2. The molecule has 5 nitrogen and oxygen atoms in total. The van der Waals surface area contributed by atoms with Gasteiger partial charge in [-0.2, -0.15) is 11.8 Å². The summed E-state index contributed by atoms with van der Waals surface area (Å²) in [6.07, 6.45) is 2.89. The van der Waals surface area contributed by atoms with E-state index in [9.17, 15) is 4.79 Å². The van der Waals surface area contributed by atoms with Crippen LogP contribution < -0.4 is 10.6 Å². The molecule has 0 saturated carbocycles. The predicted octanol–water partition coefficient (Wildman–Crippen LogP) is 1.87. The standard InChI is InChI=1S/C16H25ClN4OS/c1-21(2)15(22)12-20-16(19-9-10-23-3)18-8-7-13-5-4-6-14(17)11-13/h4-6,11H,7-10,12H2,1-3H3,(H2,18,19,20). The van der Waals surface area contributed by atoms with Gasteiger partial charge in [0.05, 0.1) is 0 Å². The van der Waals surface area contributed by atoms with E-state index in [1.807, 2.05) is 24.3 Å². The Bertz CT molecular complexity index is 523. The number of carbonyl (C=O) groups excluding carboxylic acids is 1. The zero-order chi connectivity index (χ0) is 17.1. The highest BCUT2D eigenvalue weighted by Crippen LogP contribution is 2.10. The summed E-state index contributed by atoms with van der Waals surface area (Å²) in [5, 5.41) is 7.23.